The molecule has 0 amide bonds. The Kier molecular flexibility index (Phi) is 3.73. The van der Waals surface area contributed by atoms with Gasteiger partial charge >= 0.3 is 0 Å². The molecule has 0 aliphatic rings. The first-order valence-electron chi connectivity index (χ1n) is 10.7. The lowest BCUT2D eigenvalue weighted by atomic mass is 9.93. The molecule has 32 heavy (non-hydrogen) atoms. The third-order valence-corrected chi connectivity index (χ3v) is 6.95. The highest BCUT2D eigenvalue weighted by Gasteiger charge is 2.18. The van der Waals surface area contributed by atoms with E-state index in [1.54, 1.807) is 0 Å². The molecule has 0 unspecified atom stereocenters. The van der Waals surface area contributed by atoms with Gasteiger partial charge in [0.1, 0.15) is 5.82 Å². The maximum absolute atomic E-state index is 4.79. The van der Waals surface area contributed by atoms with Crippen molar-refractivity contribution in [3.05, 3.63) is 108 Å². The molecule has 0 saturated carbocycles. The Labute approximate surface area is 192 Å². The molecule has 2 heterocycles. The summed E-state index contributed by atoms with van der Waals surface area (Å²) >= 11 is 3.54. The van der Waals surface area contributed by atoms with E-state index in [9.17, 15) is 0 Å². The highest BCUT2D eigenvalue weighted by atomic mass is 79.9. The van der Waals surface area contributed by atoms with Gasteiger partial charge in [-0.15, -0.1) is 0 Å². The van der Waals surface area contributed by atoms with Gasteiger partial charge in [0.05, 0.1) is 11.0 Å². The van der Waals surface area contributed by atoms with Crippen LogP contribution in [0.5, 0.6) is 0 Å². The quantitative estimate of drug-likeness (QED) is 0.219. The lowest BCUT2D eigenvalue weighted by Gasteiger charge is -2.14. The largest absolute Gasteiger partial charge is 0.293 e. The minimum Gasteiger partial charge on any atom is -0.293 e. The van der Waals surface area contributed by atoms with Crippen molar-refractivity contribution >= 4 is 70.1 Å². The second-order valence-electron chi connectivity index (χ2n) is 8.16. The number of para-hydroxylation sites is 1. The van der Waals surface area contributed by atoms with Crippen LogP contribution in [-0.4, -0.2) is 9.55 Å². The van der Waals surface area contributed by atoms with Gasteiger partial charge in [-0.25, -0.2) is 4.98 Å². The van der Waals surface area contributed by atoms with Crippen LogP contribution in [-0.2, 0) is 0 Å². The van der Waals surface area contributed by atoms with Crippen LogP contribution < -0.4 is 0 Å². The summed E-state index contributed by atoms with van der Waals surface area (Å²) in [5, 5.41) is 10.2. The number of benzene rings is 5. The normalized spacial score (nSPS) is 11.9. The molecular weight excluding hydrogens is 456 g/mol. The lowest BCUT2D eigenvalue weighted by molar-refractivity contribution is 1.08. The first kappa shape index (κ1) is 17.9. The molecule has 2 nitrogen and oxygen atoms in total. The number of rotatable bonds is 1. The van der Waals surface area contributed by atoms with Crippen molar-refractivity contribution in [3.63, 3.8) is 0 Å². The third-order valence-electron chi connectivity index (χ3n) is 6.48. The molecule has 0 spiro atoms. The van der Waals surface area contributed by atoms with E-state index in [2.05, 4.69) is 118 Å². The number of aromatic nitrogens is 2. The van der Waals surface area contributed by atoms with E-state index in [4.69, 9.17) is 4.98 Å². The van der Waals surface area contributed by atoms with Crippen molar-refractivity contribution in [3.8, 4) is 5.82 Å². The summed E-state index contributed by atoms with van der Waals surface area (Å²) in [6.45, 7) is 0. The maximum atomic E-state index is 4.79. The summed E-state index contributed by atoms with van der Waals surface area (Å²) in [5.74, 6) is 0.920. The van der Waals surface area contributed by atoms with Crippen LogP contribution in [0.4, 0.5) is 0 Å². The molecule has 0 radical (unpaired) electrons. The van der Waals surface area contributed by atoms with Gasteiger partial charge in [0.15, 0.2) is 0 Å². The molecule has 3 heteroatoms. The molecule has 2 aromatic heterocycles. The molecule has 7 aromatic rings. The van der Waals surface area contributed by atoms with Crippen LogP contribution in [0.1, 0.15) is 0 Å². The molecular formula is C29H17BrN2. The van der Waals surface area contributed by atoms with Gasteiger partial charge < -0.3 is 0 Å². The molecule has 0 atom stereocenters. The Hall–Kier alpha value is -3.69. The minimum absolute atomic E-state index is 0.920. The Balaban J connectivity index is 1.83. The first-order valence-corrected chi connectivity index (χ1v) is 11.5. The molecule has 0 fully saturated rings. The Morgan fingerprint density at radius 3 is 1.78 bits per heavy atom. The van der Waals surface area contributed by atoms with Crippen molar-refractivity contribution in [1.29, 1.82) is 0 Å². The second-order valence-corrected chi connectivity index (χ2v) is 9.08. The summed E-state index contributed by atoms with van der Waals surface area (Å²) in [4.78, 5) is 4.79. The summed E-state index contributed by atoms with van der Waals surface area (Å²) in [6, 6.07) is 34.8. The van der Waals surface area contributed by atoms with E-state index < -0.39 is 0 Å². The fourth-order valence-electron chi connectivity index (χ4n) is 5.18. The number of hydrogen-bond acceptors (Lipinski definition) is 1. The molecule has 0 N–H and O–H groups in total. The zero-order valence-electron chi connectivity index (χ0n) is 17.1. The molecule has 0 aliphatic carbocycles. The van der Waals surface area contributed by atoms with Gasteiger partial charge in [-0.2, -0.15) is 0 Å². The van der Waals surface area contributed by atoms with Crippen molar-refractivity contribution < 1.29 is 0 Å². The SMILES string of the molecule is Brc1ccc(-n2c3ccccc3c3ccc4c5ccccc5c5ccccc5c4c32)nc1. The monoisotopic (exact) mass is 472 g/mol. The van der Waals surface area contributed by atoms with Crippen molar-refractivity contribution in [1.82, 2.24) is 9.55 Å². The second kappa shape index (κ2) is 6.65. The van der Waals surface area contributed by atoms with E-state index in [1.165, 1.54) is 54.1 Å². The highest BCUT2D eigenvalue weighted by Crippen LogP contribution is 2.42. The number of hydrogen-bond donors (Lipinski definition) is 0. The van der Waals surface area contributed by atoms with Gasteiger partial charge in [-0.3, -0.25) is 4.57 Å². The molecule has 0 saturated heterocycles. The zero-order valence-corrected chi connectivity index (χ0v) is 18.7. The maximum Gasteiger partial charge on any atom is 0.137 e. The number of fused-ring (bicyclic) bond motifs is 10. The van der Waals surface area contributed by atoms with Crippen molar-refractivity contribution in [2.24, 2.45) is 0 Å². The summed E-state index contributed by atoms with van der Waals surface area (Å²) in [5.41, 5.74) is 2.38. The summed E-state index contributed by atoms with van der Waals surface area (Å²) in [7, 11) is 0. The van der Waals surface area contributed by atoms with E-state index in [1.807, 2.05) is 6.20 Å². The predicted molar refractivity (Wildman–Crippen MR) is 139 cm³/mol. The van der Waals surface area contributed by atoms with E-state index in [-0.39, 0.29) is 0 Å². The minimum atomic E-state index is 0.920. The molecule has 7 rings (SSSR count). The molecule has 5 aromatic carbocycles. The topological polar surface area (TPSA) is 17.8 Å². The highest BCUT2D eigenvalue weighted by molar-refractivity contribution is 9.10. The van der Waals surface area contributed by atoms with E-state index in [0.717, 1.165) is 10.3 Å². The summed E-state index contributed by atoms with van der Waals surface area (Å²) in [6.07, 6.45) is 1.87. The van der Waals surface area contributed by atoms with Crippen LogP contribution in [0.3, 0.4) is 0 Å². The van der Waals surface area contributed by atoms with Crippen LogP contribution in [0, 0.1) is 0 Å². The molecule has 0 bridgehead atoms. The van der Waals surface area contributed by atoms with Crippen LogP contribution >= 0.6 is 15.9 Å². The predicted octanol–water partition coefficient (Wildman–Crippen LogP) is 8.40. The van der Waals surface area contributed by atoms with E-state index in [0.29, 0.717) is 0 Å². The van der Waals surface area contributed by atoms with Gasteiger partial charge in [0, 0.05) is 26.8 Å². The van der Waals surface area contributed by atoms with Crippen LogP contribution in [0.2, 0.25) is 0 Å². The van der Waals surface area contributed by atoms with E-state index >= 15 is 0 Å². The van der Waals surface area contributed by atoms with Gasteiger partial charge in [0.2, 0.25) is 0 Å². The Morgan fingerprint density at radius 1 is 0.531 bits per heavy atom. The van der Waals surface area contributed by atoms with Crippen LogP contribution in [0.15, 0.2) is 108 Å². The van der Waals surface area contributed by atoms with Crippen molar-refractivity contribution in [2.45, 2.75) is 0 Å². The third kappa shape index (κ3) is 2.37. The fraction of sp³-hybridized carbons (Fsp3) is 0. The zero-order chi connectivity index (χ0) is 21.2. The Morgan fingerprint density at radius 2 is 1.09 bits per heavy atom. The number of pyridine rings is 1. The van der Waals surface area contributed by atoms with Gasteiger partial charge in [-0.1, -0.05) is 78.9 Å². The molecule has 0 aliphatic heterocycles. The molecule has 150 valence electrons. The average molecular weight is 473 g/mol. The standard InChI is InChI=1S/C29H17BrN2/c30-18-13-16-27(31-17-18)32-26-12-6-5-10-22(26)25-15-14-24-21-9-2-1-7-19(21)20-8-3-4-11-23(20)28(24)29(25)32/h1-17H. The first-order chi connectivity index (χ1) is 15.8. The Bertz CT molecular complexity index is 1790. The van der Waals surface area contributed by atoms with Crippen LogP contribution in [0.25, 0.3) is 59.9 Å². The van der Waals surface area contributed by atoms with Gasteiger partial charge in [-0.05, 0) is 61.1 Å². The van der Waals surface area contributed by atoms with Gasteiger partial charge in [0.25, 0.3) is 0 Å². The lowest BCUT2D eigenvalue weighted by Crippen LogP contribution is -1.97. The fourth-order valence-corrected chi connectivity index (χ4v) is 5.42. The average Bonchev–Trinajstić information content (AvgIpc) is 3.19. The summed E-state index contributed by atoms with van der Waals surface area (Å²) < 4.78 is 3.30. The smallest absolute Gasteiger partial charge is 0.137 e. The number of nitrogens with zero attached hydrogens (tertiary/aromatic N) is 2. The number of halogens is 1. The van der Waals surface area contributed by atoms with Crippen molar-refractivity contribution in [2.75, 3.05) is 0 Å².